The van der Waals surface area contributed by atoms with Crippen LogP contribution in [-0.2, 0) is 4.74 Å². The van der Waals surface area contributed by atoms with E-state index in [0.717, 1.165) is 0 Å². The topological polar surface area (TPSA) is 55.6 Å². The van der Waals surface area contributed by atoms with Gasteiger partial charge in [0.25, 0.3) is 0 Å². The Labute approximate surface area is 72.7 Å². The highest BCUT2D eigenvalue weighted by atomic mass is 16.6. The van der Waals surface area contributed by atoms with Crippen molar-refractivity contribution in [2.24, 2.45) is 0 Å². The number of aliphatic hydroxyl groups is 1. The van der Waals surface area contributed by atoms with Crippen molar-refractivity contribution in [3.8, 4) is 0 Å². The molecule has 72 valence electrons. The van der Waals surface area contributed by atoms with Crippen LogP contribution in [-0.4, -0.2) is 46.3 Å². The Morgan fingerprint density at radius 1 is 1.50 bits per heavy atom. The van der Waals surface area contributed by atoms with E-state index in [1.165, 1.54) is 0 Å². The van der Waals surface area contributed by atoms with Gasteiger partial charge in [-0.1, -0.05) is 0 Å². The second-order valence-corrected chi connectivity index (χ2v) is 4.21. The lowest BCUT2D eigenvalue weighted by atomic mass is 10.2. The molecular weight excluding hydrogens is 158 g/mol. The summed E-state index contributed by atoms with van der Waals surface area (Å²) in [4.78, 5) is 1.74. The molecule has 3 N–H and O–H groups in total. The summed E-state index contributed by atoms with van der Waals surface area (Å²) in [6.45, 7) is 6.91. The Morgan fingerprint density at radius 3 is 2.33 bits per heavy atom. The van der Waals surface area contributed by atoms with Gasteiger partial charge < -0.3 is 14.9 Å². The molecule has 1 rings (SSSR count). The van der Waals surface area contributed by atoms with E-state index in [2.05, 4.69) is 0 Å². The first-order chi connectivity index (χ1) is 5.38. The first kappa shape index (κ1) is 9.92. The van der Waals surface area contributed by atoms with Crippen molar-refractivity contribution in [1.82, 2.24) is 4.90 Å². The van der Waals surface area contributed by atoms with Crippen LogP contribution >= 0.6 is 0 Å². The number of nitrogens with zero attached hydrogens (tertiary/aromatic N) is 1. The molecule has 0 amide bonds. The van der Waals surface area contributed by atoms with Crippen molar-refractivity contribution in [2.75, 3.05) is 13.1 Å². The molecule has 1 aliphatic heterocycles. The molecule has 1 unspecified atom stereocenters. The lowest BCUT2D eigenvalue weighted by Crippen LogP contribution is -2.57. The van der Waals surface area contributed by atoms with Gasteiger partial charge in [0.1, 0.15) is 0 Å². The van der Waals surface area contributed by atoms with Gasteiger partial charge in [0.15, 0.2) is 6.10 Å². The number of likely N-dealkylation sites (tertiary alicyclic amines) is 1. The molecule has 0 aromatic rings. The van der Waals surface area contributed by atoms with E-state index >= 15 is 0 Å². The lowest BCUT2D eigenvalue weighted by molar-refractivity contribution is -0.267. The Kier molecular flexibility index (Phi) is 2.73. The van der Waals surface area contributed by atoms with Gasteiger partial charge in [-0.15, -0.1) is 0 Å². The largest absolute Gasteiger partial charge is 0.441 e. The van der Waals surface area contributed by atoms with Crippen molar-refractivity contribution < 1.29 is 14.9 Å². The van der Waals surface area contributed by atoms with Gasteiger partial charge >= 0.3 is 0 Å². The van der Waals surface area contributed by atoms with Gasteiger partial charge in [0.2, 0.25) is 6.41 Å². The van der Waals surface area contributed by atoms with Crippen LogP contribution in [0.25, 0.3) is 0 Å². The molecule has 0 aromatic heterocycles. The van der Waals surface area contributed by atoms with Gasteiger partial charge in [-0.25, -0.2) is 4.90 Å². The third-order valence-electron chi connectivity index (χ3n) is 1.68. The molecule has 0 bridgehead atoms. The molecule has 0 spiro atoms. The van der Waals surface area contributed by atoms with Crippen LogP contribution in [0.5, 0.6) is 0 Å². The minimum absolute atomic E-state index is 0.0526. The Hall–Kier alpha value is -0.160. The van der Waals surface area contributed by atoms with E-state index in [1.54, 1.807) is 4.90 Å². The minimum Gasteiger partial charge on any atom is -0.441 e. The summed E-state index contributed by atoms with van der Waals surface area (Å²) in [6.07, 6.45) is -0.894. The van der Waals surface area contributed by atoms with Crippen LogP contribution < -0.4 is 0 Å². The van der Waals surface area contributed by atoms with E-state index < -0.39 is 6.41 Å². The highest BCUT2D eigenvalue weighted by Crippen LogP contribution is 2.16. The maximum atomic E-state index is 9.44. The van der Waals surface area contributed by atoms with Crippen LogP contribution in [0, 0.1) is 0 Å². The summed E-state index contributed by atoms with van der Waals surface area (Å²) in [7, 11) is 0. The van der Waals surface area contributed by atoms with E-state index in [9.17, 15) is 5.11 Å². The molecule has 12 heavy (non-hydrogen) atoms. The quantitative estimate of drug-likeness (QED) is 0.455. The Morgan fingerprint density at radius 2 is 2.00 bits per heavy atom. The number of ether oxygens (including phenoxy) is 1. The lowest BCUT2D eigenvalue weighted by Gasteiger charge is -2.38. The fourth-order valence-electron chi connectivity index (χ4n) is 1.08. The third-order valence-corrected chi connectivity index (χ3v) is 1.68. The maximum absolute atomic E-state index is 9.44. The molecular formula is C8H18NO3+. The van der Waals surface area contributed by atoms with Crippen LogP contribution in [0.15, 0.2) is 0 Å². The predicted molar refractivity (Wildman–Crippen MR) is 45.8 cm³/mol. The summed E-state index contributed by atoms with van der Waals surface area (Å²) in [5, 5.41) is 16.7. The van der Waals surface area contributed by atoms with E-state index in [-0.39, 0.29) is 11.7 Å². The summed E-state index contributed by atoms with van der Waals surface area (Å²) >= 11 is 0. The molecule has 0 aliphatic carbocycles. The molecule has 1 saturated heterocycles. The number of hydrogen-bond acceptors (Lipinski definition) is 3. The molecule has 0 radical (unpaired) electrons. The van der Waals surface area contributed by atoms with Crippen LogP contribution in [0.3, 0.4) is 0 Å². The second kappa shape index (κ2) is 3.30. The number of rotatable bonds is 2. The maximum Gasteiger partial charge on any atom is 0.217 e. The monoisotopic (exact) mass is 176 g/mol. The number of hydrogen-bond donors (Lipinski definition) is 1. The molecule has 0 saturated carbocycles. The minimum atomic E-state index is -0.841. The molecule has 1 atom stereocenters. The van der Waals surface area contributed by atoms with Crippen LogP contribution in [0.2, 0.25) is 0 Å². The standard InChI is InChI=1S/C8H17NO3/c1-8(2,3)12-7(11)9-4-6(10)5-9/h6-7,10-11H,4-5H2,1-3H3/p+1. The zero-order valence-electron chi connectivity index (χ0n) is 7.87. The normalized spacial score (nSPS) is 23.8. The second-order valence-electron chi connectivity index (χ2n) is 4.21. The fourth-order valence-corrected chi connectivity index (χ4v) is 1.08. The third kappa shape index (κ3) is 2.71. The van der Waals surface area contributed by atoms with Crippen molar-refractivity contribution in [3.05, 3.63) is 0 Å². The van der Waals surface area contributed by atoms with Crippen molar-refractivity contribution >= 4 is 0 Å². The zero-order chi connectivity index (χ0) is 9.35. The van der Waals surface area contributed by atoms with Crippen molar-refractivity contribution in [3.63, 3.8) is 0 Å². The summed E-state index contributed by atoms with van der Waals surface area (Å²) in [6, 6.07) is 0. The predicted octanol–water partition coefficient (Wildman–Crippen LogP) is -0.514. The summed E-state index contributed by atoms with van der Waals surface area (Å²) in [5.41, 5.74) is -0.327. The molecule has 1 fully saturated rings. The van der Waals surface area contributed by atoms with Gasteiger partial charge in [-0.2, -0.15) is 0 Å². The van der Waals surface area contributed by atoms with Crippen molar-refractivity contribution in [2.45, 2.75) is 38.9 Å². The van der Waals surface area contributed by atoms with Gasteiger partial charge in [0.05, 0.1) is 18.7 Å². The summed E-state index contributed by atoms with van der Waals surface area (Å²) in [5.74, 6) is 0. The smallest absolute Gasteiger partial charge is 0.217 e. The molecule has 4 heteroatoms. The molecule has 0 aromatic carbocycles. The van der Waals surface area contributed by atoms with Gasteiger partial charge in [-0.05, 0) is 20.8 Å². The van der Waals surface area contributed by atoms with E-state index in [0.29, 0.717) is 13.1 Å². The summed E-state index contributed by atoms with van der Waals surface area (Å²) < 4.78 is 5.29. The van der Waals surface area contributed by atoms with E-state index in [4.69, 9.17) is 9.84 Å². The SMILES string of the molecule is CC(C)(C)OC(O)N1CC([OH2+])C1. The Bertz CT molecular complexity index is 149. The Balaban J connectivity index is 2.25. The zero-order valence-corrected chi connectivity index (χ0v) is 7.87. The van der Waals surface area contributed by atoms with Gasteiger partial charge in [-0.3, -0.25) is 0 Å². The van der Waals surface area contributed by atoms with E-state index in [1.807, 2.05) is 20.8 Å². The highest BCUT2D eigenvalue weighted by Gasteiger charge is 2.35. The van der Waals surface area contributed by atoms with Crippen molar-refractivity contribution in [1.29, 1.82) is 0 Å². The highest BCUT2D eigenvalue weighted by molar-refractivity contribution is 4.78. The fraction of sp³-hybridized carbons (Fsp3) is 1.00. The van der Waals surface area contributed by atoms with Crippen LogP contribution in [0.4, 0.5) is 0 Å². The molecule has 1 heterocycles. The molecule has 1 aliphatic rings. The first-order valence-corrected chi connectivity index (χ1v) is 4.19. The van der Waals surface area contributed by atoms with Gasteiger partial charge in [0, 0.05) is 0 Å². The molecule has 4 nitrogen and oxygen atoms in total. The average molecular weight is 176 g/mol. The first-order valence-electron chi connectivity index (χ1n) is 4.19. The average Bonchev–Trinajstić information content (AvgIpc) is 1.76. The van der Waals surface area contributed by atoms with Crippen LogP contribution in [0.1, 0.15) is 20.8 Å². The number of aliphatic hydroxyl groups excluding tert-OH is 1.